The van der Waals surface area contributed by atoms with Crippen LogP contribution in [0.2, 0.25) is 0 Å². The van der Waals surface area contributed by atoms with E-state index in [1.165, 1.54) is 0 Å². The van der Waals surface area contributed by atoms with Gasteiger partial charge in [0.05, 0.1) is 12.2 Å². The van der Waals surface area contributed by atoms with E-state index in [0.29, 0.717) is 12.8 Å². The predicted octanol–water partition coefficient (Wildman–Crippen LogP) is 2.68. The van der Waals surface area contributed by atoms with E-state index in [-0.39, 0.29) is 12.9 Å². The van der Waals surface area contributed by atoms with Gasteiger partial charge in [-0.2, -0.15) is 0 Å². The molecule has 0 spiro atoms. The molecule has 94 valence electrons. The summed E-state index contributed by atoms with van der Waals surface area (Å²) in [6, 6.07) is 9.57. The lowest BCUT2D eigenvalue weighted by molar-refractivity contribution is -0.0832. The third-order valence-electron chi connectivity index (χ3n) is 2.52. The van der Waals surface area contributed by atoms with Crippen LogP contribution in [0.25, 0.3) is 0 Å². The van der Waals surface area contributed by atoms with Crippen molar-refractivity contribution in [3.63, 3.8) is 0 Å². The summed E-state index contributed by atoms with van der Waals surface area (Å²) in [4.78, 5) is 0. The highest BCUT2D eigenvalue weighted by molar-refractivity contribution is 5.17. The molecule has 0 amide bonds. The lowest BCUT2D eigenvalue weighted by Crippen LogP contribution is -2.17. The molecule has 0 saturated heterocycles. The molecule has 2 atom stereocenters. The van der Waals surface area contributed by atoms with Gasteiger partial charge in [0.25, 0.3) is 0 Å². The van der Waals surface area contributed by atoms with Crippen LogP contribution in [0, 0.1) is 0 Å². The quantitative estimate of drug-likeness (QED) is 0.557. The van der Waals surface area contributed by atoms with Crippen molar-refractivity contribution in [2.45, 2.75) is 25.0 Å². The van der Waals surface area contributed by atoms with E-state index >= 15 is 0 Å². The van der Waals surface area contributed by atoms with E-state index in [4.69, 9.17) is 9.47 Å². The Balaban J connectivity index is 2.51. The topological polar surface area (TPSA) is 38.7 Å². The summed E-state index contributed by atoms with van der Waals surface area (Å²) in [6.07, 6.45) is 2.45. The van der Waals surface area contributed by atoms with Gasteiger partial charge in [0.15, 0.2) is 0 Å². The zero-order chi connectivity index (χ0) is 12.5. The van der Waals surface area contributed by atoms with E-state index in [1.807, 2.05) is 30.3 Å². The maximum absolute atomic E-state index is 10.1. The fraction of sp³-hybridized carbons (Fsp3) is 0.429. The SMILES string of the molecule is C=CC[C@H](C[C@H](O)c1ccccc1)OCOC. The third kappa shape index (κ3) is 5.13. The van der Waals surface area contributed by atoms with E-state index < -0.39 is 6.10 Å². The van der Waals surface area contributed by atoms with Crippen molar-refractivity contribution in [3.8, 4) is 0 Å². The summed E-state index contributed by atoms with van der Waals surface area (Å²) >= 11 is 0. The average Bonchev–Trinajstić information content (AvgIpc) is 2.37. The van der Waals surface area contributed by atoms with Gasteiger partial charge in [-0.3, -0.25) is 0 Å². The number of aliphatic hydroxyl groups excluding tert-OH is 1. The Kier molecular flexibility index (Phi) is 6.55. The van der Waals surface area contributed by atoms with Gasteiger partial charge in [0.1, 0.15) is 6.79 Å². The maximum atomic E-state index is 10.1. The van der Waals surface area contributed by atoms with Crippen molar-refractivity contribution in [3.05, 3.63) is 48.6 Å². The molecule has 1 N–H and O–H groups in total. The monoisotopic (exact) mass is 236 g/mol. The first-order valence-electron chi connectivity index (χ1n) is 5.72. The van der Waals surface area contributed by atoms with Gasteiger partial charge >= 0.3 is 0 Å². The van der Waals surface area contributed by atoms with Crippen LogP contribution in [0.15, 0.2) is 43.0 Å². The standard InChI is InChI=1S/C14H20O3/c1-3-7-13(17-11-16-2)10-14(15)12-8-5-4-6-9-12/h3-6,8-9,13-15H,1,7,10-11H2,2H3/t13-,14+/m1/s1. The number of methoxy groups -OCH3 is 1. The minimum absolute atomic E-state index is 0.0670. The maximum Gasteiger partial charge on any atom is 0.146 e. The molecule has 0 aliphatic rings. The first-order chi connectivity index (χ1) is 8.27. The molecular formula is C14H20O3. The first-order valence-corrected chi connectivity index (χ1v) is 5.72. The highest BCUT2D eigenvalue weighted by Crippen LogP contribution is 2.20. The van der Waals surface area contributed by atoms with Crippen LogP contribution < -0.4 is 0 Å². The molecule has 3 nitrogen and oxygen atoms in total. The van der Waals surface area contributed by atoms with Crippen molar-refractivity contribution < 1.29 is 14.6 Å². The van der Waals surface area contributed by atoms with Gasteiger partial charge in [-0.15, -0.1) is 6.58 Å². The molecule has 17 heavy (non-hydrogen) atoms. The molecule has 1 rings (SSSR count). The van der Waals surface area contributed by atoms with E-state index in [0.717, 1.165) is 5.56 Å². The number of hydrogen-bond donors (Lipinski definition) is 1. The zero-order valence-electron chi connectivity index (χ0n) is 10.2. The van der Waals surface area contributed by atoms with Crippen molar-refractivity contribution in [1.82, 2.24) is 0 Å². The predicted molar refractivity (Wildman–Crippen MR) is 67.6 cm³/mol. The Morgan fingerprint density at radius 3 is 2.65 bits per heavy atom. The highest BCUT2D eigenvalue weighted by atomic mass is 16.7. The zero-order valence-corrected chi connectivity index (χ0v) is 10.2. The van der Waals surface area contributed by atoms with E-state index in [9.17, 15) is 5.11 Å². The Morgan fingerprint density at radius 2 is 2.06 bits per heavy atom. The Hall–Kier alpha value is -1.16. The molecule has 0 aliphatic carbocycles. The minimum atomic E-state index is -0.516. The van der Waals surface area contributed by atoms with Crippen LogP contribution in [-0.4, -0.2) is 25.1 Å². The highest BCUT2D eigenvalue weighted by Gasteiger charge is 2.15. The number of ether oxygens (including phenoxy) is 2. The van der Waals surface area contributed by atoms with Gasteiger partial charge in [-0.25, -0.2) is 0 Å². The summed E-state index contributed by atoms with van der Waals surface area (Å²) in [6.45, 7) is 3.92. The number of rotatable bonds is 8. The van der Waals surface area contributed by atoms with Crippen molar-refractivity contribution >= 4 is 0 Å². The molecule has 0 aliphatic heterocycles. The van der Waals surface area contributed by atoms with Gasteiger partial charge in [-0.05, 0) is 12.0 Å². The molecule has 0 heterocycles. The molecule has 0 saturated carbocycles. The van der Waals surface area contributed by atoms with Crippen LogP contribution in [0.5, 0.6) is 0 Å². The average molecular weight is 236 g/mol. The minimum Gasteiger partial charge on any atom is -0.388 e. The Morgan fingerprint density at radius 1 is 1.35 bits per heavy atom. The smallest absolute Gasteiger partial charge is 0.146 e. The Labute approximate surface area is 103 Å². The largest absolute Gasteiger partial charge is 0.388 e. The summed E-state index contributed by atoms with van der Waals surface area (Å²) < 4.78 is 10.3. The third-order valence-corrected chi connectivity index (χ3v) is 2.52. The van der Waals surface area contributed by atoms with Gasteiger partial charge in [-0.1, -0.05) is 36.4 Å². The van der Waals surface area contributed by atoms with Crippen LogP contribution in [0.4, 0.5) is 0 Å². The Bertz CT molecular complexity index is 311. The van der Waals surface area contributed by atoms with Gasteiger partial charge < -0.3 is 14.6 Å². The fourth-order valence-corrected chi connectivity index (χ4v) is 1.64. The van der Waals surface area contributed by atoms with Crippen LogP contribution in [0.3, 0.4) is 0 Å². The summed E-state index contributed by atoms with van der Waals surface area (Å²) in [7, 11) is 1.58. The second kappa shape index (κ2) is 8.01. The molecule has 0 fully saturated rings. The fourth-order valence-electron chi connectivity index (χ4n) is 1.64. The summed E-state index contributed by atoms with van der Waals surface area (Å²) in [5.74, 6) is 0. The van der Waals surface area contributed by atoms with Crippen molar-refractivity contribution in [2.75, 3.05) is 13.9 Å². The molecule has 1 aromatic rings. The van der Waals surface area contributed by atoms with Crippen LogP contribution in [-0.2, 0) is 9.47 Å². The number of benzene rings is 1. The van der Waals surface area contributed by atoms with Gasteiger partial charge in [0, 0.05) is 13.5 Å². The molecular weight excluding hydrogens is 216 g/mol. The van der Waals surface area contributed by atoms with E-state index in [1.54, 1.807) is 13.2 Å². The second-order valence-electron chi connectivity index (χ2n) is 3.88. The molecule has 0 aromatic heterocycles. The van der Waals surface area contributed by atoms with Crippen molar-refractivity contribution in [2.24, 2.45) is 0 Å². The molecule has 0 unspecified atom stereocenters. The van der Waals surface area contributed by atoms with E-state index in [2.05, 4.69) is 6.58 Å². The van der Waals surface area contributed by atoms with Crippen LogP contribution in [0.1, 0.15) is 24.5 Å². The summed E-state index contributed by atoms with van der Waals surface area (Å²) in [5.41, 5.74) is 0.905. The molecule has 1 aromatic carbocycles. The molecule has 0 radical (unpaired) electrons. The van der Waals surface area contributed by atoms with Gasteiger partial charge in [0.2, 0.25) is 0 Å². The van der Waals surface area contributed by atoms with Crippen molar-refractivity contribution in [1.29, 1.82) is 0 Å². The number of aliphatic hydroxyl groups is 1. The molecule has 0 bridgehead atoms. The van der Waals surface area contributed by atoms with Crippen LogP contribution >= 0.6 is 0 Å². The lowest BCUT2D eigenvalue weighted by Gasteiger charge is -2.19. The molecule has 3 heteroatoms. The number of hydrogen-bond acceptors (Lipinski definition) is 3. The second-order valence-corrected chi connectivity index (χ2v) is 3.88. The first kappa shape index (κ1) is 13.9. The summed E-state index contributed by atoms with van der Waals surface area (Å²) in [5, 5.41) is 10.1. The normalized spacial score (nSPS) is 14.2. The lowest BCUT2D eigenvalue weighted by atomic mass is 10.0.